The molecule has 9 nitrogen and oxygen atoms in total. The number of ether oxygens (including phenoxy) is 2. The molecule has 0 radical (unpaired) electrons. The summed E-state index contributed by atoms with van der Waals surface area (Å²) in [4.78, 5) is 27.3. The van der Waals surface area contributed by atoms with Crippen LogP contribution in [0.4, 0.5) is 0 Å². The lowest BCUT2D eigenvalue weighted by molar-refractivity contribution is 0.0613. The molecule has 4 aromatic heterocycles. The van der Waals surface area contributed by atoms with Crippen molar-refractivity contribution >= 4 is 27.7 Å². The molecule has 0 atom stereocenters. The molecule has 37 heavy (non-hydrogen) atoms. The Labute approximate surface area is 213 Å². The van der Waals surface area contributed by atoms with Crippen LogP contribution in [-0.4, -0.2) is 50.8 Å². The molecule has 0 unspecified atom stereocenters. The summed E-state index contributed by atoms with van der Waals surface area (Å²) in [6, 6.07) is 7.50. The summed E-state index contributed by atoms with van der Waals surface area (Å²) in [5.74, 6) is 1.99. The molecular formula is C28H27N5O4. The molecule has 1 saturated heterocycles. The molecule has 188 valence electrons. The number of nitrogens with zero attached hydrogens (tertiary/aromatic N) is 5. The first-order chi connectivity index (χ1) is 18.0. The molecule has 0 saturated carbocycles. The summed E-state index contributed by atoms with van der Waals surface area (Å²) in [5.41, 5.74) is 5.35. The molecule has 6 rings (SSSR count). The zero-order valence-electron chi connectivity index (χ0n) is 21.0. The summed E-state index contributed by atoms with van der Waals surface area (Å²) in [6.07, 6.45) is 6.84. The van der Waals surface area contributed by atoms with Crippen LogP contribution in [0.15, 0.2) is 47.4 Å². The van der Waals surface area contributed by atoms with Crippen LogP contribution in [0.1, 0.15) is 40.5 Å². The van der Waals surface area contributed by atoms with Crippen LogP contribution in [0, 0.1) is 19.8 Å². The van der Waals surface area contributed by atoms with Crippen molar-refractivity contribution in [3.05, 3.63) is 65.7 Å². The van der Waals surface area contributed by atoms with Crippen molar-refractivity contribution in [3.8, 4) is 16.9 Å². The largest absolute Gasteiger partial charge is 0.496 e. The minimum atomic E-state index is -0.163. The maximum absolute atomic E-state index is 13.6. The number of imidazole rings is 1. The quantitative estimate of drug-likeness (QED) is 0.305. The van der Waals surface area contributed by atoms with E-state index in [2.05, 4.69) is 14.7 Å². The number of fused-ring (bicyclic) bond motifs is 3. The molecule has 0 amide bonds. The highest BCUT2D eigenvalue weighted by molar-refractivity contribution is 6.11. The SMILES string of the molecule is COc1cc2c(cc1-c1c(C)noc1C)ncc1nc(C(=O)c3cccnc3)n(CC3CCOCC3)c12. The van der Waals surface area contributed by atoms with Crippen LogP contribution in [0.25, 0.3) is 33.1 Å². The molecule has 0 aliphatic carbocycles. The lowest BCUT2D eigenvalue weighted by atomic mass is 9.99. The minimum Gasteiger partial charge on any atom is -0.496 e. The van der Waals surface area contributed by atoms with E-state index in [1.54, 1.807) is 37.8 Å². The van der Waals surface area contributed by atoms with Crippen LogP contribution in [-0.2, 0) is 11.3 Å². The van der Waals surface area contributed by atoms with Gasteiger partial charge in [0.05, 0.1) is 35.6 Å². The van der Waals surface area contributed by atoms with Gasteiger partial charge in [0.15, 0.2) is 5.82 Å². The number of pyridine rings is 2. The van der Waals surface area contributed by atoms with E-state index in [-0.39, 0.29) is 5.78 Å². The van der Waals surface area contributed by atoms with Gasteiger partial charge in [0.1, 0.15) is 17.0 Å². The summed E-state index contributed by atoms with van der Waals surface area (Å²) in [6.45, 7) is 5.90. The minimum absolute atomic E-state index is 0.163. The zero-order chi connectivity index (χ0) is 25.5. The Kier molecular flexibility index (Phi) is 5.92. The standard InChI is InChI=1S/C28H27N5O4/c1-16-25(17(2)37-32-16)21-11-22-20(12-24(21)35-3)26-23(14-30-22)31-28(27(34)19-5-4-8-29-13-19)33(26)15-18-6-9-36-10-7-18/h4-5,8,11-14,18H,6-7,9-10,15H2,1-3H3. The first kappa shape index (κ1) is 23.3. The Hall–Kier alpha value is -4.11. The summed E-state index contributed by atoms with van der Waals surface area (Å²) >= 11 is 0. The van der Waals surface area contributed by atoms with Gasteiger partial charge in [-0.2, -0.15) is 0 Å². The predicted molar refractivity (Wildman–Crippen MR) is 138 cm³/mol. The summed E-state index contributed by atoms with van der Waals surface area (Å²) in [7, 11) is 1.65. The zero-order valence-corrected chi connectivity index (χ0v) is 21.0. The van der Waals surface area contributed by atoms with Gasteiger partial charge >= 0.3 is 0 Å². The van der Waals surface area contributed by atoms with E-state index < -0.39 is 0 Å². The number of aromatic nitrogens is 5. The highest BCUT2D eigenvalue weighted by Gasteiger charge is 2.26. The second kappa shape index (κ2) is 9.40. The lowest BCUT2D eigenvalue weighted by Crippen LogP contribution is -2.22. The molecule has 5 heterocycles. The average Bonchev–Trinajstić information content (AvgIpc) is 3.47. The van der Waals surface area contributed by atoms with Crippen molar-refractivity contribution in [1.29, 1.82) is 0 Å². The third-order valence-corrected chi connectivity index (χ3v) is 7.10. The normalized spacial score (nSPS) is 14.5. The number of carbonyl (C=O) groups excluding carboxylic acids is 1. The predicted octanol–water partition coefficient (Wildman–Crippen LogP) is 4.92. The fourth-order valence-corrected chi connectivity index (χ4v) is 5.24. The van der Waals surface area contributed by atoms with E-state index in [0.717, 1.165) is 59.3 Å². The van der Waals surface area contributed by atoms with E-state index in [9.17, 15) is 4.79 Å². The van der Waals surface area contributed by atoms with Crippen molar-refractivity contribution < 1.29 is 18.8 Å². The Morgan fingerprint density at radius 2 is 2.00 bits per heavy atom. The molecule has 0 bridgehead atoms. The fourth-order valence-electron chi connectivity index (χ4n) is 5.24. The first-order valence-electron chi connectivity index (χ1n) is 12.4. The van der Waals surface area contributed by atoms with Gasteiger partial charge in [0.25, 0.3) is 0 Å². The number of aryl methyl sites for hydroxylation is 2. The van der Waals surface area contributed by atoms with Crippen LogP contribution in [0.5, 0.6) is 5.75 Å². The number of hydrogen-bond acceptors (Lipinski definition) is 8. The highest BCUT2D eigenvalue weighted by atomic mass is 16.5. The molecular weight excluding hydrogens is 470 g/mol. The van der Waals surface area contributed by atoms with Gasteiger partial charge in [-0.05, 0) is 56.9 Å². The van der Waals surface area contributed by atoms with Crippen LogP contribution >= 0.6 is 0 Å². The second-order valence-electron chi connectivity index (χ2n) is 9.43. The van der Waals surface area contributed by atoms with E-state index in [1.165, 1.54) is 0 Å². The number of rotatable bonds is 6. The number of carbonyl (C=O) groups is 1. The fraction of sp³-hybridized carbons (Fsp3) is 0.321. The maximum atomic E-state index is 13.6. The van der Waals surface area contributed by atoms with Gasteiger partial charge < -0.3 is 18.6 Å². The van der Waals surface area contributed by atoms with Gasteiger partial charge in [-0.3, -0.25) is 14.8 Å². The van der Waals surface area contributed by atoms with Crippen molar-refractivity contribution in [2.75, 3.05) is 20.3 Å². The van der Waals surface area contributed by atoms with Crippen molar-refractivity contribution in [1.82, 2.24) is 24.7 Å². The van der Waals surface area contributed by atoms with Crippen LogP contribution in [0.2, 0.25) is 0 Å². The number of benzene rings is 1. The van der Waals surface area contributed by atoms with Gasteiger partial charge in [0, 0.05) is 48.7 Å². The lowest BCUT2D eigenvalue weighted by Gasteiger charge is -2.23. The molecule has 1 aliphatic rings. The average molecular weight is 498 g/mol. The molecule has 1 aromatic carbocycles. The summed E-state index contributed by atoms with van der Waals surface area (Å²) < 4.78 is 18.9. The number of methoxy groups -OCH3 is 1. The topological polar surface area (TPSA) is 105 Å². The van der Waals surface area contributed by atoms with E-state index in [0.29, 0.717) is 40.9 Å². The van der Waals surface area contributed by atoms with Gasteiger partial charge in [-0.25, -0.2) is 4.98 Å². The maximum Gasteiger partial charge on any atom is 0.230 e. The van der Waals surface area contributed by atoms with Crippen molar-refractivity contribution in [3.63, 3.8) is 0 Å². The monoisotopic (exact) mass is 497 g/mol. The van der Waals surface area contributed by atoms with E-state index >= 15 is 0 Å². The van der Waals surface area contributed by atoms with Crippen molar-refractivity contribution in [2.45, 2.75) is 33.2 Å². The van der Waals surface area contributed by atoms with E-state index in [4.69, 9.17) is 24.0 Å². The first-order valence-corrected chi connectivity index (χ1v) is 12.4. The third kappa shape index (κ3) is 4.05. The second-order valence-corrected chi connectivity index (χ2v) is 9.43. The Morgan fingerprint density at radius 1 is 1.16 bits per heavy atom. The Balaban J connectivity index is 1.59. The smallest absolute Gasteiger partial charge is 0.230 e. The highest BCUT2D eigenvalue weighted by Crippen LogP contribution is 2.39. The molecule has 1 fully saturated rings. The van der Waals surface area contributed by atoms with Crippen LogP contribution in [0.3, 0.4) is 0 Å². The number of hydrogen-bond donors (Lipinski definition) is 0. The third-order valence-electron chi connectivity index (χ3n) is 7.10. The Morgan fingerprint density at radius 3 is 2.70 bits per heavy atom. The Bertz CT molecular complexity index is 1600. The number of ketones is 1. The van der Waals surface area contributed by atoms with E-state index in [1.807, 2.05) is 26.0 Å². The molecule has 0 spiro atoms. The molecule has 0 N–H and O–H groups in total. The molecule has 1 aliphatic heterocycles. The van der Waals surface area contributed by atoms with Gasteiger partial charge in [-0.1, -0.05) is 5.16 Å². The molecule has 9 heteroatoms. The van der Waals surface area contributed by atoms with Gasteiger partial charge in [-0.15, -0.1) is 0 Å². The van der Waals surface area contributed by atoms with Crippen molar-refractivity contribution in [2.24, 2.45) is 5.92 Å². The summed E-state index contributed by atoms with van der Waals surface area (Å²) in [5, 5.41) is 4.98. The van der Waals surface area contributed by atoms with Crippen LogP contribution < -0.4 is 4.74 Å². The molecule has 5 aromatic rings. The van der Waals surface area contributed by atoms with Gasteiger partial charge in [0.2, 0.25) is 5.78 Å².